The number of nitrogen functional groups attached to an aromatic ring is 1. The van der Waals surface area contributed by atoms with Crippen LogP contribution in [0.2, 0.25) is 5.02 Å². The third-order valence-electron chi connectivity index (χ3n) is 2.19. The molecule has 9 heteroatoms. The van der Waals surface area contributed by atoms with Crippen molar-refractivity contribution in [3.63, 3.8) is 0 Å². The summed E-state index contributed by atoms with van der Waals surface area (Å²) in [5.74, 6) is 0. The SMILES string of the molecule is Cc1nc(N)sc1S(=O)(=O)Nc1ccc(Cl)c(Br)c1. The molecule has 19 heavy (non-hydrogen) atoms. The summed E-state index contributed by atoms with van der Waals surface area (Å²) in [7, 11) is -3.69. The van der Waals surface area contributed by atoms with Crippen LogP contribution in [-0.4, -0.2) is 13.4 Å². The van der Waals surface area contributed by atoms with Crippen LogP contribution in [-0.2, 0) is 10.0 Å². The molecule has 102 valence electrons. The lowest BCUT2D eigenvalue weighted by atomic mass is 10.3. The second-order valence-electron chi connectivity index (χ2n) is 3.66. The molecule has 0 aliphatic carbocycles. The van der Waals surface area contributed by atoms with Crippen LogP contribution in [0.1, 0.15) is 5.69 Å². The van der Waals surface area contributed by atoms with E-state index in [0.29, 0.717) is 20.9 Å². The van der Waals surface area contributed by atoms with Gasteiger partial charge < -0.3 is 5.73 Å². The highest BCUT2D eigenvalue weighted by atomic mass is 79.9. The first-order valence-electron chi connectivity index (χ1n) is 5.00. The molecule has 0 fully saturated rings. The second-order valence-corrected chi connectivity index (χ2v) is 7.83. The van der Waals surface area contributed by atoms with E-state index in [0.717, 1.165) is 11.3 Å². The van der Waals surface area contributed by atoms with E-state index in [4.69, 9.17) is 17.3 Å². The van der Waals surface area contributed by atoms with Crippen LogP contribution in [0.4, 0.5) is 10.8 Å². The molecule has 1 aromatic heterocycles. The van der Waals surface area contributed by atoms with E-state index in [9.17, 15) is 8.42 Å². The normalized spacial score (nSPS) is 11.5. The number of hydrogen-bond donors (Lipinski definition) is 2. The molecule has 0 unspecified atom stereocenters. The van der Waals surface area contributed by atoms with Gasteiger partial charge in [-0.1, -0.05) is 22.9 Å². The Labute approximate surface area is 128 Å². The average Bonchev–Trinajstić information content (AvgIpc) is 2.63. The van der Waals surface area contributed by atoms with Gasteiger partial charge in [-0.3, -0.25) is 4.72 Å². The first-order chi connectivity index (χ1) is 8.79. The third kappa shape index (κ3) is 3.19. The van der Waals surface area contributed by atoms with E-state index in [-0.39, 0.29) is 9.34 Å². The van der Waals surface area contributed by atoms with Gasteiger partial charge in [-0.15, -0.1) is 0 Å². The predicted molar refractivity (Wildman–Crippen MR) is 81.2 cm³/mol. The fourth-order valence-electron chi connectivity index (χ4n) is 1.41. The van der Waals surface area contributed by atoms with E-state index in [1.54, 1.807) is 25.1 Å². The summed E-state index contributed by atoms with van der Waals surface area (Å²) in [6.45, 7) is 1.60. The number of anilines is 2. The summed E-state index contributed by atoms with van der Waals surface area (Å²) in [6.07, 6.45) is 0. The summed E-state index contributed by atoms with van der Waals surface area (Å²) in [4.78, 5) is 3.90. The highest BCUT2D eigenvalue weighted by molar-refractivity contribution is 9.10. The summed E-state index contributed by atoms with van der Waals surface area (Å²) in [5.41, 5.74) is 6.29. The molecule has 0 saturated carbocycles. The molecule has 0 bridgehead atoms. The van der Waals surface area contributed by atoms with E-state index in [2.05, 4.69) is 25.6 Å². The molecule has 2 rings (SSSR count). The van der Waals surface area contributed by atoms with Crippen molar-refractivity contribution in [1.29, 1.82) is 0 Å². The van der Waals surface area contributed by atoms with Crippen molar-refractivity contribution in [2.45, 2.75) is 11.1 Å². The Morgan fingerprint density at radius 3 is 2.68 bits per heavy atom. The monoisotopic (exact) mass is 381 g/mol. The van der Waals surface area contributed by atoms with E-state index in [1.807, 2.05) is 0 Å². The zero-order valence-corrected chi connectivity index (χ0v) is 13.6. The van der Waals surface area contributed by atoms with Crippen LogP contribution >= 0.6 is 38.9 Å². The van der Waals surface area contributed by atoms with Crippen LogP contribution in [0.15, 0.2) is 26.9 Å². The molecule has 0 saturated heterocycles. The quantitative estimate of drug-likeness (QED) is 0.853. The third-order valence-corrected chi connectivity index (χ3v) is 6.38. The number of nitrogens with zero attached hydrogens (tertiary/aromatic N) is 1. The van der Waals surface area contributed by atoms with E-state index >= 15 is 0 Å². The number of nitrogens with one attached hydrogen (secondary N) is 1. The minimum Gasteiger partial charge on any atom is -0.375 e. The fourth-order valence-corrected chi connectivity index (χ4v) is 4.26. The van der Waals surface area contributed by atoms with Crippen molar-refractivity contribution in [3.8, 4) is 0 Å². The lowest BCUT2D eigenvalue weighted by Crippen LogP contribution is -2.12. The molecule has 0 aliphatic rings. The van der Waals surface area contributed by atoms with Crippen LogP contribution < -0.4 is 10.5 Å². The molecule has 0 amide bonds. The Bertz CT molecular complexity index is 730. The van der Waals surface area contributed by atoms with Crippen molar-refractivity contribution in [1.82, 2.24) is 4.98 Å². The highest BCUT2D eigenvalue weighted by Crippen LogP contribution is 2.29. The van der Waals surface area contributed by atoms with Crippen molar-refractivity contribution < 1.29 is 8.42 Å². The first-order valence-corrected chi connectivity index (χ1v) is 8.47. The van der Waals surface area contributed by atoms with Gasteiger partial charge in [-0.05, 0) is 41.1 Å². The van der Waals surface area contributed by atoms with Crippen molar-refractivity contribution >= 4 is 59.7 Å². The Kier molecular flexibility index (Phi) is 4.05. The van der Waals surface area contributed by atoms with Gasteiger partial charge in [0.05, 0.1) is 16.4 Å². The van der Waals surface area contributed by atoms with Gasteiger partial charge in [0, 0.05) is 4.47 Å². The zero-order chi connectivity index (χ0) is 14.2. The molecule has 5 nitrogen and oxygen atoms in total. The molecule has 0 radical (unpaired) electrons. The largest absolute Gasteiger partial charge is 0.375 e. The number of aryl methyl sites for hydroxylation is 1. The molecule has 3 N–H and O–H groups in total. The Balaban J connectivity index is 2.36. The summed E-state index contributed by atoms with van der Waals surface area (Å²) < 4.78 is 27.5. The molecule has 2 aromatic rings. The molecule has 1 aromatic carbocycles. The number of rotatable bonds is 3. The molecule has 1 heterocycles. The summed E-state index contributed by atoms with van der Waals surface area (Å²) in [5, 5.41) is 0.719. The van der Waals surface area contributed by atoms with E-state index in [1.165, 1.54) is 0 Å². The minimum atomic E-state index is -3.69. The molecular formula is C10H9BrClN3O2S2. The van der Waals surface area contributed by atoms with Gasteiger partial charge >= 0.3 is 0 Å². The van der Waals surface area contributed by atoms with Crippen molar-refractivity contribution in [3.05, 3.63) is 33.4 Å². The highest BCUT2D eigenvalue weighted by Gasteiger charge is 2.21. The number of sulfonamides is 1. The minimum absolute atomic E-state index is 0.107. The standard InChI is InChI=1S/C10H9BrClN3O2S2/c1-5-9(18-10(13)14-5)19(16,17)15-6-2-3-8(12)7(11)4-6/h2-4,15H,1H3,(H2,13,14). The Morgan fingerprint density at radius 2 is 2.16 bits per heavy atom. The van der Waals surface area contributed by atoms with Crippen LogP contribution in [0.25, 0.3) is 0 Å². The predicted octanol–water partition coefficient (Wildman–Crippen LogP) is 3.25. The summed E-state index contributed by atoms with van der Waals surface area (Å²) in [6, 6.07) is 4.75. The topological polar surface area (TPSA) is 85.1 Å². The maximum atomic E-state index is 12.2. The Morgan fingerprint density at radius 1 is 1.47 bits per heavy atom. The molecule has 0 atom stereocenters. The smallest absolute Gasteiger partial charge is 0.273 e. The van der Waals surface area contributed by atoms with Gasteiger partial charge in [0.1, 0.15) is 0 Å². The van der Waals surface area contributed by atoms with Gasteiger partial charge in [0.25, 0.3) is 10.0 Å². The van der Waals surface area contributed by atoms with Gasteiger partial charge in [-0.25, -0.2) is 13.4 Å². The molecule has 0 spiro atoms. The number of halogens is 2. The second kappa shape index (κ2) is 5.28. The number of benzene rings is 1. The zero-order valence-electron chi connectivity index (χ0n) is 9.65. The first kappa shape index (κ1) is 14.6. The maximum absolute atomic E-state index is 12.2. The number of nitrogens with two attached hydrogens (primary N) is 1. The molecular weight excluding hydrogens is 374 g/mol. The van der Waals surface area contributed by atoms with Gasteiger partial charge in [-0.2, -0.15) is 0 Å². The van der Waals surface area contributed by atoms with Gasteiger partial charge in [0.2, 0.25) is 0 Å². The lowest BCUT2D eigenvalue weighted by molar-refractivity contribution is 0.602. The average molecular weight is 383 g/mol. The Hall–Kier alpha value is -0.830. The number of aromatic nitrogens is 1. The molecule has 0 aliphatic heterocycles. The summed E-state index contributed by atoms with van der Waals surface area (Å²) >= 11 is 10.0. The fraction of sp³-hybridized carbons (Fsp3) is 0.100. The van der Waals surface area contributed by atoms with Crippen molar-refractivity contribution in [2.24, 2.45) is 0 Å². The van der Waals surface area contributed by atoms with Crippen LogP contribution in [0.5, 0.6) is 0 Å². The maximum Gasteiger partial charge on any atom is 0.273 e. The number of hydrogen-bond acceptors (Lipinski definition) is 5. The van der Waals surface area contributed by atoms with Crippen molar-refractivity contribution in [2.75, 3.05) is 10.5 Å². The van der Waals surface area contributed by atoms with Gasteiger partial charge in [0.15, 0.2) is 9.34 Å². The van der Waals surface area contributed by atoms with Crippen LogP contribution in [0, 0.1) is 6.92 Å². The lowest BCUT2D eigenvalue weighted by Gasteiger charge is -2.07. The van der Waals surface area contributed by atoms with E-state index < -0.39 is 10.0 Å². The van der Waals surface area contributed by atoms with Crippen LogP contribution in [0.3, 0.4) is 0 Å². The number of thiazole rings is 1.